The van der Waals surface area contributed by atoms with Crippen molar-refractivity contribution >= 4 is 11.5 Å². The molecule has 2 aromatic rings. The van der Waals surface area contributed by atoms with E-state index in [1.165, 1.54) is 13.0 Å². The van der Waals surface area contributed by atoms with E-state index in [9.17, 15) is 13.2 Å². The van der Waals surface area contributed by atoms with Gasteiger partial charge in [-0.1, -0.05) is 26.0 Å². The monoisotopic (exact) mass is 294 g/mol. The first-order chi connectivity index (χ1) is 9.80. The van der Waals surface area contributed by atoms with Crippen molar-refractivity contribution in [3.63, 3.8) is 0 Å². The summed E-state index contributed by atoms with van der Waals surface area (Å²) in [7, 11) is 0. The lowest BCUT2D eigenvalue weighted by atomic mass is 10.0. The van der Waals surface area contributed by atoms with Crippen LogP contribution in [0, 0.1) is 6.92 Å². The van der Waals surface area contributed by atoms with Crippen molar-refractivity contribution in [2.45, 2.75) is 32.9 Å². The number of hydrogen-bond donors (Lipinski definition) is 1. The highest BCUT2D eigenvalue weighted by Crippen LogP contribution is 2.35. The molecule has 0 unspecified atom stereocenters. The number of alkyl halides is 3. The number of pyridine rings is 1. The molecule has 0 saturated heterocycles. The normalized spacial score (nSPS) is 11.8. The molecule has 1 aromatic heterocycles. The van der Waals surface area contributed by atoms with E-state index in [0.717, 1.165) is 11.6 Å². The summed E-state index contributed by atoms with van der Waals surface area (Å²) in [5, 5.41) is 3.02. The van der Waals surface area contributed by atoms with Gasteiger partial charge in [0.25, 0.3) is 0 Å². The van der Waals surface area contributed by atoms with Gasteiger partial charge in [0.05, 0.1) is 5.56 Å². The van der Waals surface area contributed by atoms with Crippen LogP contribution in [0.5, 0.6) is 0 Å². The predicted molar refractivity (Wildman–Crippen MR) is 77.8 cm³/mol. The van der Waals surface area contributed by atoms with Crippen LogP contribution >= 0.6 is 0 Å². The van der Waals surface area contributed by atoms with Crippen LogP contribution < -0.4 is 5.32 Å². The van der Waals surface area contributed by atoms with Crippen LogP contribution in [-0.2, 0) is 6.18 Å². The Labute approximate surface area is 122 Å². The van der Waals surface area contributed by atoms with Crippen LogP contribution in [0.4, 0.5) is 24.7 Å². The van der Waals surface area contributed by atoms with E-state index >= 15 is 0 Å². The Hall–Kier alpha value is -2.04. The molecule has 112 valence electrons. The molecule has 0 bridgehead atoms. The second-order valence-corrected chi connectivity index (χ2v) is 5.20. The van der Waals surface area contributed by atoms with Crippen LogP contribution in [0.2, 0.25) is 0 Å². The molecule has 0 aliphatic carbocycles. The highest BCUT2D eigenvalue weighted by molar-refractivity contribution is 5.64. The Bertz CT molecular complexity index is 634. The smallest absolute Gasteiger partial charge is 0.340 e. The van der Waals surface area contributed by atoms with Crippen molar-refractivity contribution < 1.29 is 13.2 Å². The van der Waals surface area contributed by atoms with Crippen molar-refractivity contribution in [2.24, 2.45) is 0 Å². The van der Waals surface area contributed by atoms with E-state index < -0.39 is 11.7 Å². The summed E-state index contributed by atoms with van der Waals surface area (Å²) in [6, 6.07) is 7.85. The minimum Gasteiger partial charge on any atom is -0.340 e. The molecule has 21 heavy (non-hydrogen) atoms. The Kier molecular flexibility index (Phi) is 4.21. The number of benzene rings is 1. The fourth-order valence-corrected chi connectivity index (χ4v) is 2.19. The van der Waals surface area contributed by atoms with Gasteiger partial charge in [0, 0.05) is 11.9 Å². The average Bonchev–Trinajstić information content (AvgIpc) is 2.40. The molecule has 0 spiro atoms. The van der Waals surface area contributed by atoms with Gasteiger partial charge in [0.15, 0.2) is 0 Å². The number of halogens is 3. The van der Waals surface area contributed by atoms with E-state index in [4.69, 9.17) is 0 Å². The first-order valence-electron chi connectivity index (χ1n) is 6.69. The van der Waals surface area contributed by atoms with E-state index in [-0.39, 0.29) is 11.5 Å². The fourth-order valence-electron chi connectivity index (χ4n) is 2.19. The van der Waals surface area contributed by atoms with Gasteiger partial charge in [-0.25, -0.2) is 4.98 Å². The molecule has 0 amide bonds. The van der Waals surface area contributed by atoms with E-state index in [0.29, 0.717) is 11.5 Å². The zero-order chi connectivity index (χ0) is 15.6. The standard InChI is InChI=1S/C16H17F3N2/c1-10(2)12-6-5-9-20-15(12)21-14-8-4-7-13(11(14)3)16(17,18)19/h4-10H,1-3H3,(H,20,21). The summed E-state index contributed by atoms with van der Waals surface area (Å²) in [6.45, 7) is 5.49. The van der Waals surface area contributed by atoms with Gasteiger partial charge in [-0.3, -0.25) is 0 Å². The van der Waals surface area contributed by atoms with Gasteiger partial charge in [0.2, 0.25) is 0 Å². The summed E-state index contributed by atoms with van der Waals surface area (Å²) in [5.41, 5.74) is 0.930. The van der Waals surface area contributed by atoms with E-state index in [2.05, 4.69) is 10.3 Å². The number of nitrogens with one attached hydrogen (secondary N) is 1. The molecule has 0 aliphatic rings. The summed E-state index contributed by atoms with van der Waals surface area (Å²) in [4.78, 5) is 4.24. The number of anilines is 2. The van der Waals surface area contributed by atoms with Crippen LogP contribution in [0.1, 0.15) is 36.5 Å². The summed E-state index contributed by atoms with van der Waals surface area (Å²) in [6.07, 6.45) is -2.73. The predicted octanol–water partition coefficient (Wildman–Crippen LogP) is 5.28. The molecule has 2 nitrogen and oxygen atoms in total. The highest BCUT2D eigenvalue weighted by atomic mass is 19.4. The summed E-state index contributed by atoms with van der Waals surface area (Å²) < 4.78 is 38.8. The van der Waals surface area contributed by atoms with E-state index in [1.807, 2.05) is 26.0 Å². The number of hydrogen-bond acceptors (Lipinski definition) is 2. The molecule has 2 rings (SSSR count). The van der Waals surface area contributed by atoms with Crippen molar-refractivity contribution in [1.29, 1.82) is 0 Å². The molecule has 1 heterocycles. The lowest BCUT2D eigenvalue weighted by Crippen LogP contribution is -2.09. The highest BCUT2D eigenvalue weighted by Gasteiger charge is 2.32. The first-order valence-corrected chi connectivity index (χ1v) is 6.69. The van der Waals surface area contributed by atoms with Crippen LogP contribution in [0.15, 0.2) is 36.5 Å². The maximum absolute atomic E-state index is 12.9. The first kappa shape index (κ1) is 15.4. The topological polar surface area (TPSA) is 24.9 Å². The fraction of sp³-hybridized carbons (Fsp3) is 0.312. The lowest BCUT2D eigenvalue weighted by molar-refractivity contribution is -0.138. The SMILES string of the molecule is Cc1c(Nc2ncccc2C(C)C)cccc1C(F)(F)F. The van der Waals surface area contributed by atoms with Gasteiger partial charge in [-0.2, -0.15) is 13.2 Å². The van der Waals surface area contributed by atoms with Gasteiger partial charge in [-0.15, -0.1) is 0 Å². The number of rotatable bonds is 3. The molecular weight excluding hydrogens is 277 g/mol. The third-order valence-electron chi connectivity index (χ3n) is 3.35. The van der Waals surface area contributed by atoms with E-state index in [1.54, 1.807) is 12.3 Å². The molecule has 5 heteroatoms. The van der Waals surface area contributed by atoms with Gasteiger partial charge >= 0.3 is 6.18 Å². The van der Waals surface area contributed by atoms with Crippen molar-refractivity contribution in [1.82, 2.24) is 4.98 Å². The van der Waals surface area contributed by atoms with Crippen molar-refractivity contribution in [3.05, 3.63) is 53.2 Å². The van der Waals surface area contributed by atoms with Crippen LogP contribution in [-0.4, -0.2) is 4.98 Å². The Morgan fingerprint density at radius 1 is 1.10 bits per heavy atom. The van der Waals surface area contributed by atoms with Crippen molar-refractivity contribution in [2.75, 3.05) is 5.32 Å². The zero-order valence-electron chi connectivity index (χ0n) is 12.1. The van der Waals surface area contributed by atoms with Crippen LogP contribution in [0.3, 0.4) is 0 Å². The lowest BCUT2D eigenvalue weighted by Gasteiger charge is -2.17. The quantitative estimate of drug-likeness (QED) is 0.833. The van der Waals surface area contributed by atoms with Crippen molar-refractivity contribution in [3.8, 4) is 0 Å². The molecule has 0 atom stereocenters. The summed E-state index contributed by atoms with van der Waals surface area (Å²) >= 11 is 0. The Morgan fingerprint density at radius 3 is 2.43 bits per heavy atom. The summed E-state index contributed by atoms with van der Waals surface area (Å²) in [5.74, 6) is 0.822. The largest absolute Gasteiger partial charge is 0.416 e. The second-order valence-electron chi connectivity index (χ2n) is 5.20. The number of nitrogens with zero attached hydrogens (tertiary/aromatic N) is 1. The Morgan fingerprint density at radius 2 is 1.81 bits per heavy atom. The third kappa shape index (κ3) is 3.35. The zero-order valence-corrected chi connectivity index (χ0v) is 12.1. The number of aromatic nitrogens is 1. The molecule has 1 aromatic carbocycles. The molecule has 0 aliphatic heterocycles. The second kappa shape index (κ2) is 5.76. The van der Waals surface area contributed by atoms with Gasteiger partial charge in [0.1, 0.15) is 5.82 Å². The minimum absolute atomic E-state index is 0.172. The minimum atomic E-state index is -4.35. The third-order valence-corrected chi connectivity index (χ3v) is 3.35. The Balaban J connectivity index is 2.42. The van der Waals surface area contributed by atoms with Crippen LogP contribution in [0.25, 0.3) is 0 Å². The molecule has 0 saturated carbocycles. The van der Waals surface area contributed by atoms with Gasteiger partial charge < -0.3 is 5.32 Å². The molecule has 0 fully saturated rings. The molecule has 0 radical (unpaired) electrons. The maximum Gasteiger partial charge on any atom is 0.416 e. The maximum atomic E-state index is 12.9. The molecule has 1 N–H and O–H groups in total. The van der Waals surface area contributed by atoms with Gasteiger partial charge in [-0.05, 0) is 42.2 Å². The molecular formula is C16H17F3N2. The average molecular weight is 294 g/mol.